The number of carbonyl (C=O) groups is 2. The molecule has 0 fully saturated rings. The topological polar surface area (TPSA) is 108 Å². The number of nitrogens with zero attached hydrogens (tertiary/aromatic N) is 1. The summed E-state index contributed by atoms with van der Waals surface area (Å²) in [6.45, 7) is 4.29. The molecule has 2 unspecified atom stereocenters. The lowest BCUT2D eigenvalue weighted by atomic mass is 10.0. The summed E-state index contributed by atoms with van der Waals surface area (Å²) in [5.74, 6) is -0.794. The first kappa shape index (κ1) is 66.0. The number of hydrogen-bond acceptors (Lipinski definition) is 7. The Morgan fingerprint density at radius 3 is 1.25 bits per heavy atom. The predicted molar refractivity (Wildman–Crippen MR) is 289 cm³/mol. The number of rotatable bonds is 52. The van der Waals surface area contributed by atoms with E-state index in [2.05, 4.69) is 62.5 Å². The van der Waals surface area contributed by atoms with Crippen molar-refractivity contribution in [3.8, 4) is 0 Å². The molecule has 0 spiro atoms. The van der Waals surface area contributed by atoms with E-state index in [9.17, 15) is 19.0 Å². The molecule has 0 aromatic carbocycles. The van der Waals surface area contributed by atoms with Gasteiger partial charge in [0.25, 0.3) is 0 Å². The predicted octanol–water partition coefficient (Wildman–Crippen LogP) is 17.4. The molecule has 1 N–H and O–H groups in total. The minimum atomic E-state index is -4.37. The summed E-state index contributed by atoms with van der Waals surface area (Å²) >= 11 is 0. The number of hydrogen-bond donors (Lipinski definition) is 1. The average Bonchev–Trinajstić information content (AvgIpc) is 3.30. The second kappa shape index (κ2) is 49.9. The van der Waals surface area contributed by atoms with E-state index >= 15 is 0 Å². The molecule has 10 heteroatoms. The number of esters is 2. The van der Waals surface area contributed by atoms with Gasteiger partial charge in [0.15, 0.2) is 6.10 Å². The van der Waals surface area contributed by atoms with E-state index in [-0.39, 0.29) is 25.6 Å². The minimum Gasteiger partial charge on any atom is -0.462 e. The maximum Gasteiger partial charge on any atom is 0.472 e. The minimum absolute atomic E-state index is 0.0341. The number of phosphoric ester groups is 1. The van der Waals surface area contributed by atoms with Gasteiger partial charge in [-0.25, -0.2) is 4.57 Å². The molecule has 0 aliphatic carbocycles. The van der Waals surface area contributed by atoms with Crippen LogP contribution >= 0.6 is 7.82 Å². The second-order valence-corrected chi connectivity index (χ2v) is 21.8. The third kappa shape index (κ3) is 53.3. The van der Waals surface area contributed by atoms with Gasteiger partial charge in [0.05, 0.1) is 27.7 Å². The van der Waals surface area contributed by atoms with E-state index in [4.69, 9.17) is 18.5 Å². The summed E-state index contributed by atoms with van der Waals surface area (Å²) in [7, 11) is 1.49. The lowest BCUT2D eigenvalue weighted by molar-refractivity contribution is -0.870. The smallest absolute Gasteiger partial charge is 0.462 e. The quantitative estimate of drug-likeness (QED) is 0.0211. The van der Waals surface area contributed by atoms with Crippen LogP contribution in [0.4, 0.5) is 0 Å². The van der Waals surface area contributed by atoms with E-state index in [0.29, 0.717) is 23.9 Å². The summed E-state index contributed by atoms with van der Waals surface area (Å²) < 4.78 is 34.3. The van der Waals surface area contributed by atoms with Crippen LogP contribution in [0, 0.1) is 0 Å². The van der Waals surface area contributed by atoms with E-state index < -0.39 is 26.5 Å². The molecule has 0 saturated heterocycles. The van der Waals surface area contributed by atoms with Crippen LogP contribution < -0.4 is 0 Å². The van der Waals surface area contributed by atoms with Crippen molar-refractivity contribution in [3.63, 3.8) is 0 Å². The van der Waals surface area contributed by atoms with Crippen LogP contribution in [0.3, 0.4) is 0 Å². The van der Waals surface area contributed by atoms with Gasteiger partial charge in [0.1, 0.15) is 19.8 Å². The molecule has 0 rings (SSSR count). The molecule has 398 valence electrons. The van der Waals surface area contributed by atoms with Crippen molar-refractivity contribution in [2.45, 2.75) is 264 Å². The number of unbranched alkanes of at least 4 members (excludes halogenated alkanes) is 30. The van der Waals surface area contributed by atoms with Gasteiger partial charge in [-0.15, -0.1) is 0 Å². The maximum absolute atomic E-state index is 12.7. The lowest BCUT2D eigenvalue weighted by Gasteiger charge is -2.24. The number of likely N-dealkylation sites (N-methyl/N-ethyl adjacent to an activating group) is 1. The van der Waals surface area contributed by atoms with Gasteiger partial charge in [-0.05, 0) is 51.4 Å². The van der Waals surface area contributed by atoms with Crippen molar-refractivity contribution in [1.29, 1.82) is 0 Å². The van der Waals surface area contributed by atoms with E-state index in [1.54, 1.807) is 0 Å². The summed E-state index contributed by atoms with van der Waals surface area (Å²) in [6, 6.07) is 0. The highest BCUT2D eigenvalue weighted by Crippen LogP contribution is 2.43. The van der Waals surface area contributed by atoms with E-state index in [1.807, 2.05) is 21.1 Å². The van der Waals surface area contributed by atoms with Crippen molar-refractivity contribution in [2.75, 3.05) is 47.5 Å². The molecule has 0 amide bonds. The van der Waals surface area contributed by atoms with Crippen LogP contribution in [0.15, 0.2) is 48.6 Å². The molecule has 0 aromatic heterocycles. The maximum atomic E-state index is 12.7. The normalized spacial score (nSPS) is 13.7. The first-order valence-corrected chi connectivity index (χ1v) is 29.9. The Balaban J connectivity index is 3.81. The number of ether oxygens (including phenoxy) is 2. The number of carbonyl (C=O) groups excluding carboxylic acids is 2. The van der Waals surface area contributed by atoms with Gasteiger partial charge in [-0.1, -0.05) is 242 Å². The van der Waals surface area contributed by atoms with Crippen molar-refractivity contribution in [1.82, 2.24) is 0 Å². The summed E-state index contributed by atoms with van der Waals surface area (Å²) in [6.07, 6.45) is 62.4. The molecule has 0 bridgehead atoms. The first-order valence-electron chi connectivity index (χ1n) is 28.4. The molecule has 0 heterocycles. The number of phosphoric acid groups is 1. The number of allylic oxidation sites excluding steroid dienone is 8. The molecule has 68 heavy (non-hydrogen) atoms. The third-order valence-corrected chi connectivity index (χ3v) is 13.4. The van der Waals surface area contributed by atoms with Crippen molar-refractivity contribution in [2.24, 2.45) is 0 Å². The van der Waals surface area contributed by atoms with Gasteiger partial charge >= 0.3 is 19.8 Å². The monoisotopic (exact) mass is 979 g/mol. The van der Waals surface area contributed by atoms with Crippen LogP contribution in [0.25, 0.3) is 0 Å². The standard InChI is InChI=1S/C58H108NO8P/c1-6-8-10-12-14-15-16-17-18-19-20-21-22-23-24-25-26-27-28-29-30-31-32-33-34-35-36-37-38-39-40-41-42-43-45-47-49-51-58(61)67-56(55-66-68(62,63)65-53-52-59(3,4)5)54-64-57(60)50-48-46-44-13-11-9-7-2/h8,10,14-15,17-18,20-21,56H,6-7,9,11-13,16,19,22-55H2,1-5H3/p+1/b10-8-,15-14-,18-17-,21-20-. The molecular weight excluding hydrogens is 870 g/mol. The Bertz CT molecular complexity index is 1290. The van der Waals surface area contributed by atoms with Crippen molar-refractivity contribution < 1.29 is 42.1 Å². The van der Waals surface area contributed by atoms with E-state index in [1.165, 1.54) is 167 Å². The van der Waals surface area contributed by atoms with Crippen LogP contribution in [0.5, 0.6) is 0 Å². The van der Waals surface area contributed by atoms with Crippen molar-refractivity contribution in [3.05, 3.63) is 48.6 Å². The Hall–Kier alpha value is -2.03. The molecule has 2 atom stereocenters. The molecular formula is C58H109NO8P+. The van der Waals surface area contributed by atoms with E-state index in [0.717, 1.165) is 57.8 Å². The second-order valence-electron chi connectivity index (χ2n) is 20.3. The molecule has 0 aromatic rings. The summed E-state index contributed by atoms with van der Waals surface area (Å²) in [5, 5.41) is 0. The van der Waals surface area contributed by atoms with Gasteiger partial charge < -0.3 is 18.9 Å². The van der Waals surface area contributed by atoms with Crippen LogP contribution in [-0.2, 0) is 32.7 Å². The van der Waals surface area contributed by atoms with Gasteiger partial charge in [-0.3, -0.25) is 18.6 Å². The van der Waals surface area contributed by atoms with Crippen LogP contribution in [-0.4, -0.2) is 74.9 Å². The lowest BCUT2D eigenvalue weighted by Crippen LogP contribution is -2.37. The Labute approximate surface area is 420 Å². The third-order valence-electron chi connectivity index (χ3n) is 12.4. The number of quaternary nitrogens is 1. The summed E-state index contributed by atoms with van der Waals surface area (Å²) in [4.78, 5) is 35.3. The largest absolute Gasteiger partial charge is 0.472 e. The fourth-order valence-corrected chi connectivity index (χ4v) is 8.75. The molecule has 0 saturated carbocycles. The zero-order chi connectivity index (χ0) is 49.9. The van der Waals surface area contributed by atoms with Gasteiger partial charge in [0.2, 0.25) is 0 Å². The Morgan fingerprint density at radius 1 is 0.471 bits per heavy atom. The molecule has 0 aliphatic heterocycles. The SMILES string of the molecule is CC/C=C\C/C=C\C/C=C\C/C=C\CCCCCCCCCCCCCCCCCCCCCCCCCCC(=O)OC(COC(=O)CCCCCCCCC)COP(=O)(O)OCC[N+](C)(C)C. The van der Waals surface area contributed by atoms with Gasteiger partial charge in [-0.2, -0.15) is 0 Å². The highest BCUT2D eigenvalue weighted by molar-refractivity contribution is 7.47. The van der Waals surface area contributed by atoms with Crippen molar-refractivity contribution >= 4 is 19.8 Å². The average molecular weight is 979 g/mol. The fraction of sp³-hybridized carbons (Fsp3) is 0.828. The fourth-order valence-electron chi connectivity index (χ4n) is 8.01. The zero-order valence-corrected chi connectivity index (χ0v) is 46.0. The van der Waals surface area contributed by atoms with Gasteiger partial charge in [0, 0.05) is 12.8 Å². The Kier molecular flexibility index (Phi) is 48.4. The molecule has 0 aliphatic rings. The first-order chi connectivity index (χ1) is 33.0. The Morgan fingerprint density at radius 2 is 0.838 bits per heavy atom. The summed E-state index contributed by atoms with van der Waals surface area (Å²) in [5.41, 5.74) is 0. The van der Waals surface area contributed by atoms with Crippen LogP contribution in [0.1, 0.15) is 258 Å². The molecule has 0 radical (unpaired) electrons. The van der Waals surface area contributed by atoms with Crippen LogP contribution in [0.2, 0.25) is 0 Å². The highest BCUT2D eigenvalue weighted by atomic mass is 31.2. The molecule has 9 nitrogen and oxygen atoms in total. The zero-order valence-electron chi connectivity index (χ0n) is 45.1. The highest BCUT2D eigenvalue weighted by Gasteiger charge is 2.27.